The Morgan fingerprint density at radius 1 is 0.773 bits per heavy atom. The van der Waals surface area contributed by atoms with Crippen molar-refractivity contribution in [2.45, 2.75) is 102 Å². The van der Waals surface area contributed by atoms with E-state index in [-0.39, 0.29) is 21.9 Å². The summed E-state index contributed by atoms with van der Waals surface area (Å²) in [6.45, 7) is 2.56. The highest BCUT2D eigenvalue weighted by Gasteiger charge is 2.60. The molecule has 2 aromatic heterocycles. The van der Waals surface area contributed by atoms with Crippen molar-refractivity contribution in [2.24, 2.45) is 11.8 Å². The van der Waals surface area contributed by atoms with Crippen molar-refractivity contribution in [1.29, 1.82) is 0 Å². The Morgan fingerprint density at radius 3 is 1.61 bits per heavy atom. The number of nitrogen functional groups attached to an aromatic ring is 2. The van der Waals surface area contributed by atoms with Crippen LogP contribution in [0.1, 0.15) is 59.5 Å². The average Bonchev–Trinajstić information content (AvgIpc) is 3.83. The second-order valence-corrected chi connectivity index (χ2v) is 21.1. The number of alkyl halides is 2. The van der Waals surface area contributed by atoms with E-state index in [0.29, 0.717) is 10.9 Å². The Bertz CT molecular complexity index is 3140. The van der Waals surface area contributed by atoms with E-state index in [1.165, 1.54) is 50.2 Å². The molecule has 0 saturated carbocycles. The van der Waals surface area contributed by atoms with Crippen molar-refractivity contribution in [3.8, 4) is 36.2 Å². The number of nitrogens with two attached hydrogens (primary N) is 2. The van der Waals surface area contributed by atoms with Gasteiger partial charge in [-0.3, -0.25) is 23.2 Å². The molecule has 2 aromatic carbocycles. The van der Waals surface area contributed by atoms with Gasteiger partial charge in [0.15, 0.2) is 17.9 Å². The van der Waals surface area contributed by atoms with E-state index in [9.17, 15) is 42.9 Å². The fourth-order valence-corrected chi connectivity index (χ4v) is 10.2. The summed E-state index contributed by atoms with van der Waals surface area (Å²) in [5, 5.41) is 25.1. The molecule has 0 radical (unpaired) electrons. The largest absolute Gasteiger partial charge is 0.463 e. The number of hydrogen-bond donors (Lipinski definition) is 4. The van der Waals surface area contributed by atoms with Gasteiger partial charge < -0.3 is 49.7 Å². The summed E-state index contributed by atoms with van der Waals surface area (Å²) in [5.41, 5.74) is 1.63. The number of para-hydroxylation sites is 2. The molecule has 0 bridgehead atoms. The molecule has 2 fully saturated rings. The van der Waals surface area contributed by atoms with Crippen molar-refractivity contribution in [3.05, 3.63) is 99.8 Å². The zero-order valence-corrected chi connectivity index (χ0v) is 42.6. The first-order valence-corrected chi connectivity index (χ1v) is 25.9. The second-order valence-electron chi connectivity index (χ2n) is 17.2. The van der Waals surface area contributed by atoms with E-state index in [1.54, 1.807) is 63.8 Å². The lowest BCUT2D eigenvalue weighted by Crippen LogP contribution is -2.45. The number of ether oxygens (including phenoxy) is 4. The number of halogens is 3. The highest BCUT2D eigenvalue weighted by molar-refractivity contribution is 7.54. The van der Waals surface area contributed by atoms with Gasteiger partial charge in [-0.1, -0.05) is 62.1 Å². The van der Waals surface area contributed by atoms with Crippen molar-refractivity contribution in [1.82, 2.24) is 24.3 Å². The number of aromatic nitrogens is 5. The lowest BCUT2D eigenvalue weighted by atomic mass is 9.97. The number of terminal acetylenes is 2. The maximum absolute atomic E-state index is 15.9. The Morgan fingerprint density at radius 2 is 1.20 bits per heavy atom. The number of nitrogens with zero attached hydrogens (tertiary/aromatic N) is 5. The van der Waals surface area contributed by atoms with Crippen LogP contribution in [-0.2, 0) is 46.7 Å². The van der Waals surface area contributed by atoms with Crippen LogP contribution in [0.5, 0.6) is 11.5 Å². The summed E-state index contributed by atoms with van der Waals surface area (Å²) in [6.07, 6.45) is -4.46. The van der Waals surface area contributed by atoms with Gasteiger partial charge in [-0.05, 0) is 52.0 Å². The molecule has 406 valence electrons. The molecule has 0 aliphatic carbocycles. The summed E-state index contributed by atoms with van der Waals surface area (Å²) in [4.78, 5) is 56.0. The second kappa shape index (κ2) is 24.8. The molecular weight excluding hydrogens is 1040 g/mol. The van der Waals surface area contributed by atoms with E-state index >= 15 is 8.78 Å². The minimum Gasteiger partial charge on any atom is -0.463 e. The van der Waals surface area contributed by atoms with Gasteiger partial charge in [-0.15, -0.1) is 12.8 Å². The molecule has 2 unspecified atom stereocenters. The average molecular weight is 1100 g/mol. The van der Waals surface area contributed by atoms with Crippen molar-refractivity contribution in [3.63, 3.8) is 0 Å². The third-order valence-corrected chi connectivity index (χ3v) is 14.1. The zero-order chi connectivity index (χ0) is 59.2. The minimum atomic E-state index is -4.66. The predicted molar refractivity (Wildman–Crippen MR) is 261 cm³/mol. The van der Waals surface area contributed by atoms with Crippen LogP contribution in [0, 0.1) is 42.3 Å². The number of aliphatic hydroxyl groups is 2. The van der Waals surface area contributed by atoms with Crippen LogP contribution in [0.25, 0.3) is 0 Å². The number of esters is 2. The fourth-order valence-electron chi connectivity index (χ4n) is 6.76. The summed E-state index contributed by atoms with van der Waals surface area (Å²) in [7, 11) is -9.27. The van der Waals surface area contributed by atoms with Gasteiger partial charge in [0, 0.05) is 0 Å². The summed E-state index contributed by atoms with van der Waals surface area (Å²) < 4.78 is 150. The molecule has 2 aliphatic rings. The normalized spacial score (nSPS) is 26.7. The number of carbonyl (C=O) groups excluding carboxylic acids is 2. The maximum atomic E-state index is 15.9. The van der Waals surface area contributed by atoms with Gasteiger partial charge in [0.2, 0.25) is 17.6 Å². The molecule has 28 heteroatoms. The maximum Gasteiger partial charge on any atom is 0.380 e. The molecule has 2 aliphatic heterocycles. The molecule has 2 saturated heterocycles. The molecule has 6 N–H and O–H groups in total. The fraction of sp³-hybridized carbons (Fsp3) is 0.468. The Labute approximate surface area is 433 Å². The standard InChI is InChI=1S/C24H28F2N3O8P.C23H28FN4O8P/c1-5-24(26)19(30)18(36-22(24)29-11-17(25)20(27)28-23(29)32)12-34-38(33,37-16-9-7-6-8-10-16)13-15(4)21(31)35-14(2)3;1-5-23(24)19(29)17(35-21(23)28-22(31)27-18(25)11-26-28)12-33-37(32,36-16-9-7-6-8-10-16)13-15(4)20(30)34-14(2)3/h1,6-11,14-15,18-19,22,30H,12-13H2,2-4H3,(H2,27,28,32);1,6-11,14-15,17,19,21,29H,12-13H2,2-4H3,(H2,25,27,31)/t15-,18-,19+,22-,24?,38+;15-,17-,19+,21-,23?,37+/m11/s1/i2*12D2. The van der Waals surface area contributed by atoms with Crippen LogP contribution in [0.3, 0.4) is 0 Å². The van der Waals surface area contributed by atoms with Crippen molar-refractivity contribution < 1.29 is 84.6 Å². The van der Waals surface area contributed by atoms with Gasteiger partial charge in [-0.25, -0.2) is 31.9 Å². The van der Waals surface area contributed by atoms with Crippen molar-refractivity contribution >= 4 is 38.8 Å². The van der Waals surface area contributed by atoms with Gasteiger partial charge in [-0.2, -0.15) is 19.7 Å². The molecule has 23 nitrogen and oxygen atoms in total. The van der Waals surface area contributed by atoms with Crippen LogP contribution in [0.4, 0.5) is 24.8 Å². The number of hydrogen-bond acceptors (Lipinski definition) is 21. The van der Waals surface area contributed by atoms with Gasteiger partial charge in [0.05, 0.1) is 67.4 Å². The minimum absolute atomic E-state index is 0.0130. The van der Waals surface area contributed by atoms with Crippen molar-refractivity contribution in [2.75, 3.05) is 36.9 Å². The van der Waals surface area contributed by atoms with E-state index in [1.807, 2.05) is 0 Å². The number of rotatable bonds is 20. The zero-order valence-electron chi connectivity index (χ0n) is 44.8. The van der Waals surface area contributed by atoms with E-state index in [0.717, 1.165) is 6.20 Å². The lowest BCUT2D eigenvalue weighted by Gasteiger charge is -2.24. The Hall–Kier alpha value is -6.60. The molecule has 0 spiro atoms. The van der Waals surface area contributed by atoms with E-state index < -0.39 is 148 Å². The first kappa shape index (κ1) is 53.2. The Balaban J connectivity index is 0.000000291. The first-order valence-electron chi connectivity index (χ1n) is 24.4. The molecule has 4 heterocycles. The summed E-state index contributed by atoms with van der Waals surface area (Å²) in [6, 6.07) is 15.0. The third kappa shape index (κ3) is 14.6. The summed E-state index contributed by atoms with van der Waals surface area (Å²) >= 11 is 0. The quantitative estimate of drug-likeness (QED) is 0.0549. The van der Waals surface area contributed by atoms with Gasteiger partial charge >= 0.3 is 38.5 Å². The van der Waals surface area contributed by atoms with Crippen LogP contribution in [0.15, 0.2) is 82.6 Å². The van der Waals surface area contributed by atoms with Crippen LogP contribution >= 0.6 is 15.2 Å². The van der Waals surface area contributed by atoms with Crippen LogP contribution in [-0.4, -0.2) is 120 Å². The highest BCUT2D eigenvalue weighted by atomic mass is 31.2. The lowest BCUT2D eigenvalue weighted by molar-refractivity contribution is -0.152. The SMILES string of the molecule is [2H]C([2H])(O[P@@](=O)(C[C@@H](C)C(=O)OC(C)C)Oc1ccccc1)[C@H]1O[C@@H](n2cc(F)c(N)nc2=O)C(F)(C#C)[C@H]1O.[2H]C([2H])(O[P@@](=O)(C[C@@H](C)C(=O)OC(C)C)Oc1ccccc1)[C@H]1O[C@@H](n2ncc(N)nc2=O)C(F)(C#C)[C@H]1O. The summed E-state index contributed by atoms with van der Waals surface area (Å²) in [5.74, 6) is -2.81. The smallest absolute Gasteiger partial charge is 0.380 e. The monoisotopic (exact) mass is 1100 g/mol. The van der Waals surface area contributed by atoms with Gasteiger partial charge in [0.1, 0.15) is 41.7 Å². The van der Waals surface area contributed by atoms with E-state index in [2.05, 4.69) is 15.1 Å². The predicted octanol–water partition coefficient (Wildman–Crippen LogP) is 4.14. The first-order chi connectivity index (χ1) is 36.6. The third-order valence-electron chi connectivity index (χ3n) is 10.4. The molecule has 75 heavy (non-hydrogen) atoms. The van der Waals surface area contributed by atoms with Crippen LogP contribution in [0.2, 0.25) is 0 Å². The molecule has 4 aromatic rings. The molecule has 0 amide bonds. The number of aliphatic hydroxyl groups excluding tert-OH is 2. The molecule has 12 atom stereocenters. The number of anilines is 2. The molecular formula is C47H56F3N7O16P2. The number of benzene rings is 2. The molecule has 6 rings (SSSR count). The number of carbonyl (C=O) groups is 2. The highest BCUT2D eigenvalue weighted by Crippen LogP contribution is 2.53. The Kier molecular flexibility index (Phi) is 17.6. The van der Waals surface area contributed by atoms with Crippen LogP contribution < -0.4 is 31.9 Å². The topological polar surface area (TPSA) is 317 Å². The van der Waals surface area contributed by atoms with E-state index in [4.69, 9.17) is 66.8 Å². The van der Waals surface area contributed by atoms with Gasteiger partial charge in [0.25, 0.3) is 0 Å².